The average Bonchev–Trinajstić information content (AvgIpc) is 2.95. The van der Waals surface area contributed by atoms with Crippen LogP contribution >= 0.6 is 0 Å². The lowest BCUT2D eigenvalue weighted by atomic mass is 9.97. The highest BCUT2D eigenvalue weighted by Gasteiger charge is 2.19. The molecule has 0 saturated carbocycles. The number of nitrogens with zero attached hydrogens (tertiary/aromatic N) is 2. The largest absolute Gasteiger partial charge is 0.464 e. The second kappa shape index (κ2) is 5.74. The Kier molecular flexibility index (Phi) is 4.03. The van der Waals surface area contributed by atoms with Crippen LogP contribution in [0.4, 0.5) is 0 Å². The number of aromatic nitrogens is 2. The third-order valence-electron chi connectivity index (χ3n) is 3.35. The smallest absolute Gasteiger partial charge is 0.356 e. The number of benzene rings is 1. The second-order valence-corrected chi connectivity index (χ2v) is 4.72. The first-order valence-electron chi connectivity index (χ1n) is 6.41. The van der Waals surface area contributed by atoms with Gasteiger partial charge in [-0.05, 0) is 25.0 Å². The Morgan fingerprint density at radius 3 is 2.75 bits per heavy atom. The standard InChI is InChI=1S/C16H18N2O2/c1-11(2)13-7-5-6-8-14(13)12(3)18-10-17-9-15(18)16(19)20-4/h5-10,12H,1H2,2-4H3/t12-/m0/s1. The molecule has 0 fully saturated rings. The Labute approximate surface area is 118 Å². The molecule has 0 spiro atoms. The summed E-state index contributed by atoms with van der Waals surface area (Å²) in [4.78, 5) is 15.8. The van der Waals surface area contributed by atoms with Gasteiger partial charge in [-0.2, -0.15) is 0 Å². The van der Waals surface area contributed by atoms with E-state index in [4.69, 9.17) is 4.74 Å². The zero-order chi connectivity index (χ0) is 14.7. The number of imidazole rings is 1. The van der Waals surface area contributed by atoms with Crippen molar-refractivity contribution in [1.82, 2.24) is 9.55 Å². The van der Waals surface area contributed by atoms with E-state index in [0.29, 0.717) is 5.69 Å². The highest BCUT2D eigenvalue weighted by Crippen LogP contribution is 2.27. The Balaban J connectivity index is 2.47. The lowest BCUT2D eigenvalue weighted by molar-refractivity contribution is 0.0587. The van der Waals surface area contributed by atoms with Crippen molar-refractivity contribution in [2.45, 2.75) is 19.9 Å². The SMILES string of the molecule is C=C(C)c1ccccc1[C@H](C)n1cncc1C(=O)OC. The molecule has 0 saturated heterocycles. The monoisotopic (exact) mass is 270 g/mol. The maximum Gasteiger partial charge on any atom is 0.356 e. The molecule has 0 N–H and O–H groups in total. The molecule has 1 aromatic heterocycles. The van der Waals surface area contributed by atoms with Gasteiger partial charge >= 0.3 is 5.97 Å². The van der Waals surface area contributed by atoms with E-state index >= 15 is 0 Å². The summed E-state index contributed by atoms with van der Waals surface area (Å²) in [7, 11) is 1.37. The van der Waals surface area contributed by atoms with Gasteiger partial charge in [-0.25, -0.2) is 9.78 Å². The fourth-order valence-electron chi connectivity index (χ4n) is 2.28. The lowest BCUT2D eigenvalue weighted by Crippen LogP contribution is -2.15. The summed E-state index contributed by atoms with van der Waals surface area (Å²) >= 11 is 0. The minimum Gasteiger partial charge on any atom is -0.464 e. The van der Waals surface area contributed by atoms with Crippen molar-refractivity contribution in [2.24, 2.45) is 0 Å². The number of methoxy groups -OCH3 is 1. The number of ether oxygens (including phenoxy) is 1. The van der Waals surface area contributed by atoms with E-state index in [1.165, 1.54) is 13.3 Å². The van der Waals surface area contributed by atoms with Crippen molar-refractivity contribution in [3.63, 3.8) is 0 Å². The quantitative estimate of drug-likeness (QED) is 0.801. The number of hydrogen-bond donors (Lipinski definition) is 0. The van der Waals surface area contributed by atoms with Crippen molar-refractivity contribution in [2.75, 3.05) is 7.11 Å². The first-order valence-corrected chi connectivity index (χ1v) is 6.41. The van der Waals surface area contributed by atoms with Crippen LogP contribution in [-0.4, -0.2) is 22.6 Å². The van der Waals surface area contributed by atoms with E-state index in [2.05, 4.69) is 11.6 Å². The Hall–Kier alpha value is -2.36. The van der Waals surface area contributed by atoms with Crippen LogP contribution in [0.2, 0.25) is 0 Å². The van der Waals surface area contributed by atoms with Crippen LogP contribution in [0.1, 0.15) is 41.5 Å². The maximum absolute atomic E-state index is 11.7. The normalized spacial score (nSPS) is 11.9. The molecular formula is C16H18N2O2. The summed E-state index contributed by atoms with van der Waals surface area (Å²) in [5, 5.41) is 0. The van der Waals surface area contributed by atoms with Gasteiger partial charge in [0.15, 0.2) is 0 Å². The summed E-state index contributed by atoms with van der Waals surface area (Å²) in [5.41, 5.74) is 3.62. The Bertz CT molecular complexity index is 643. The summed E-state index contributed by atoms with van der Waals surface area (Å²) in [6.07, 6.45) is 3.16. The number of carbonyl (C=O) groups is 1. The lowest BCUT2D eigenvalue weighted by Gasteiger charge is -2.19. The molecule has 2 rings (SSSR count). The molecule has 1 heterocycles. The van der Waals surface area contributed by atoms with Crippen LogP contribution in [0.15, 0.2) is 43.4 Å². The van der Waals surface area contributed by atoms with E-state index in [0.717, 1.165) is 16.7 Å². The van der Waals surface area contributed by atoms with Crippen LogP contribution in [-0.2, 0) is 4.74 Å². The van der Waals surface area contributed by atoms with Gasteiger partial charge in [0, 0.05) is 0 Å². The number of carbonyl (C=O) groups excluding carboxylic acids is 1. The molecule has 0 aliphatic heterocycles. The Morgan fingerprint density at radius 1 is 1.40 bits per heavy atom. The highest BCUT2D eigenvalue weighted by molar-refractivity contribution is 5.87. The van der Waals surface area contributed by atoms with Crippen molar-refractivity contribution in [3.8, 4) is 0 Å². The van der Waals surface area contributed by atoms with Crippen LogP contribution in [0.5, 0.6) is 0 Å². The zero-order valence-electron chi connectivity index (χ0n) is 12.0. The molecule has 1 atom stereocenters. The topological polar surface area (TPSA) is 44.1 Å². The predicted octanol–water partition coefficient (Wildman–Crippen LogP) is 3.31. The van der Waals surface area contributed by atoms with Crippen LogP contribution < -0.4 is 0 Å². The molecule has 4 heteroatoms. The highest BCUT2D eigenvalue weighted by atomic mass is 16.5. The third kappa shape index (κ3) is 2.50. The third-order valence-corrected chi connectivity index (χ3v) is 3.35. The van der Waals surface area contributed by atoms with Crippen LogP contribution in [0.3, 0.4) is 0 Å². The van der Waals surface area contributed by atoms with Gasteiger partial charge < -0.3 is 9.30 Å². The maximum atomic E-state index is 11.7. The van der Waals surface area contributed by atoms with Gasteiger partial charge in [-0.3, -0.25) is 0 Å². The molecule has 1 aromatic carbocycles. The minimum absolute atomic E-state index is 0.0282. The summed E-state index contributed by atoms with van der Waals surface area (Å²) in [6, 6.07) is 8.00. The van der Waals surface area contributed by atoms with Gasteiger partial charge in [0.2, 0.25) is 0 Å². The first kappa shape index (κ1) is 14.1. The predicted molar refractivity (Wildman–Crippen MR) is 78.5 cm³/mol. The number of allylic oxidation sites excluding steroid dienone is 1. The van der Waals surface area contributed by atoms with Crippen molar-refractivity contribution in [1.29, 1.82) is 0 Å². The number of esters is 1. The summed E-state index contributed by atoms with van der Waals surface area (Å²) < 4.78 is 6.59. The van der Waals surface area contributed by atoms with Crippen molar-refractivity contribution < 1.29 is 9.53 Å². The van der Waals surface area contributed by atoms with E-state index in [1.807, 2.05) is 42.7 Å². The van der Waals surface area contributed by atoms with E-state index < -0.39 is 0 Å². The molecule has 0 aliphatic carbocycles. The molecule has 0 amide bonds. The summed E-state index contributed by atoms with van der Waals surface area (Å²) in [5.74, 6) is -0.387. The number of hydrogen-bond acceptors (Lipinski definition) is 3. The van der Waals surface area contributed by atoms with Crippen LogP contribution in [0.25, 0.3) is 5.57 Å². The van der Waals surface area contributed by atoms with Gasteiger partial charge in [0.1, 0.15) is 5.69 Å². The van der Waals surface area contributed by atoms with Gasteiger partial charge in [0.05, 0.1) is 25.7 Å². The van der Waals surface area contributed by atoms with Gasteiger partial charge in [-0.1, -0.05) is 36.4 Å². The first-order chi connectivity index (χ1) is 9.56. The molecule has 0 unspecified atom stereocenters. The number of rotatable bonds is 4. The van der Waals surface area contributed by atoms with Crippen LogP contribution in [0, 0.1) is 0 Å². The van der Waals surface area contributed by atoms with Crippen molar-refractivity contribution >= 4 is 11.5 Å². The van der Waals surface area contributed by atoms with Crippen molar-refractivity contribution in [3.05, 3.63) is 60.2 Å². The molecule has 4 nitrogen and oxygen atoms in total. The molecule has 0 aliphatic rings. The average molecular weight is 270 g/mol. The second-order valence-electron chi connectivity index (χ2n) is 4.72. The molecule has 104 valence electrons. The fourth-order valence-corrected chi connectivity index (χ4v) is 2.28. The van der Waals surface area contributed by atoms with E-state index in [9.17, 15) is 4.79 Å². The minimum atomic E-state index is -0.387. The van der Waals surface area contributed by atoms with E-state index in [1.54, 1.807) is 6.33 Å². The molecule has 20 heavy (non-hydrogen) atoms. The molecule has 0 radical (unpaired) electrons. The zero-order valence-corrected chi connectivity index (χ0v) is 12.0. The molecule has 0 bridgehead atoms. The van der Waals surface area contributed by atoms with Gasteiger partial charge in [0.25, 0.3) is 0 Å². The molecular weight excluding hydrogens is 252 g/mol. The summed E-state index contributed by atoms with van der Waals surface area (Å²) in [6.45, 7) is 8.00. The molecule has 2 aromatic rings. The fraction of sp³-hybridized carbons (Fsp3) is 0.250. The van der Waals surface area contributed by atoms with Gasteiger partial charge in [-0.15, -0.1) is 0 Å². The Morgan fingerprint density at radius 2 is 2.10 bits per heavy atom. The van der Waals surface area contributed by atoms with E-state index in [-0.39, 0.29) is 12.0 Å².